The maximum atomic E-state index is 9.87. The first-order chi connectivity index (χ1) is 9.18. The molecule has 2 atom stereocenters. The van der Waals surface area contributed by atoms with E-state index in [0.717, 1.165) is 25.8 Å². The Kier molecular flexibility index (Phi) is 5.27. The summed E-state index contributed by atoms with van der Waals surface area (Å²) in [5.41, 5.74) is 1.19. The van der Waals surface area contributed by atoms with Crippen molar-refractivity contribution in [3.63, 3.8) is 0 Å². The van der Waals surface area contributed by atoms with Gasteiger partial charge in [-0.25, -0.2) is 0 Å². The average Bonchev–Trinajstić information content (AvgIpc) is 2.42. The van der Waals surface area contributed by atoms with E-state index in [1.54, 1.807) is 11.3 Å². The number of hydrogen-bond acceptors (Lipinski definition) is 5. The first-order valence-electron chi connectivity index (χ1n) is 6.82. The van der Waals surface area contributed by atoms with Gasteiger partial charge in [-0.2, -0.15) is 5.06 Å². The molecule has 1 fully saturated rings. The molecule has 0 amide bonds. The van der Waals surface area contributed by atoms with E-state index in [4.69, 9.17) is 4.84 Å². The lowest BCUT2D eigenvalue weighted by molar-refractivity contribution is -0.264. The zero-order valence-electron chi connectivity index (χ0n) is 11.7. The molecule has 0 aromatic carbocycles. The summed E-state index contributed by atoms with van der Waals surface area (Å²) >= 11 is 0. The Morgan fingerprint density at radius 3 is 3.05 bits per heavy atom. The Morgan fingerprint density at radius 1 is 1.58 bits per heavy atom. The van der Waals surface area contributed by atoms with Crippen LogP contribution in [0.25, 0.3) is 0 Å². The predicted octanol–water partition coefficient (Wildman–Crippen LogP) is 1.42. The molecule has 0 saturated carbocycles. The van der Waals surface area contributed by atoms with E-state index >= 15 is 0 Å². The van der Waals surface area contributed by atoms with E-state index < -0.39 is 6.23 Å². The minimum atomic E-state index is -0.467. The second kappa shape index (κ2) is 6.96. The molecule has 5 nitrogen and oxygen atoms in total. The van der Waals surface area contributed by atoms with Gasteiger partial charge < -0.3 is 10.0 Å². The summed E-state index contributed by atoms with van der Waals surface area (Å²) in [5, 5.41) is 11.6. The van der Waals surface area contributed by atoms with Gasteiger partial charge in [-0.05, 0) is 45.0 Å². The molecule has 2 heterocycles. The average molecular weight is 265 g/mol. The minimum Gasteiger partial charge on any atom is -0.376 e. The monoisotopic (exact) mass is 265 g/mol. The number of hydroxylamine groups is 2. The minimum absolute atomic E-state index is 0.284. The molecule has 1 aliphatic heterocycles. The second-order valence-corrected chi connectivity index (χ2v) is 5.15. The van der Waals surface area contributed by atoms with Crippen LogP contribution < -0.4 is 0 Å². The first kappa shape index (κ1) is 14.4. The van der Waals surface area contributed by atoms with Crippen molar-refractivity contribution in [2.75, 3.05) is 27.2 Å². The Morgan fingerprint density at radius 2 is 2.42 bits per heavy atom. The maximum absolute atomic E-state index is 9.87. The van der Waals surface area contributed by atoms with Gasteiger partial charge in [-0.15, -0.1) is 0 Å². The normalized spacial score (nSPS) is 22.6. The number of aliphatic hydroxyl groups is 1. The summed E-state index contributed by atoms with van der Waals surface area (Å²) in [6, 6.07) is 4.33. The third-order valence-corrected chi connectivity index (χ3v) is 3.51. The van der Waals surface area contributed by atoms with Crippen LogP contribution >= 0.6 is 0 Å². The molecule has 1 saturated heterocycles. The van der Waals surface area contributed by atoms with Gasteiger partial charge in [0.15, 0.2) is 0 Å². The van der Waals surface area contributed by atoms with Crippen LogP contribution in [0.1, 0.15) is 30.9 Å². The van der Waals surface area contributed by atoms with Crippen molar-refractivity contribution in [3.8, 4) is 0 Å². The van der Waals surface area contributed by atoms with Crippen molar-refractivity contribution < 1.29 is 9.94 Å². The highest BCUT2D eigenvalue weighted by molar-refractivity contribution is 5.13. The molecule has 0 radical (unpaired) electrons. The molecule has 5 heteroatoms. The number of rotatable bonds is 5. The van der Waals surface area contributed by atoms with Crippen molar-refractivity contribution in [1.82, 2.24) is 14.9 Å². The molecule has 0 spiro atoms. The van der Waals surface area contributed by atoms with Crippen molar-refractivity contribution in [1.29, 1.82) is 0 Å². The highest BCUT2D eigenvalue weighted by Gasteiger charge is 2.23. The van der Waals surface area contributed by atoms with Crippen molar-refractivity contribution >= 4 is 0 Å². The quantitative estimate of drug-likeness (QED) is 0.872. The molecule has 1 aromatic heterocycles. The van der Waals surface area contributed by atoms with Gasteiger partial charge >= 0.3 is 0 Å². The number of aliphatic hydroxyl groups excluding tert-OH is 1. The van der Waals surface area contributed by atoms with E-state index in [0.29, 0.717) is 6.61 Å². The SMILES string of the molecule is CN(C)C(CCN1OCCCC1O)c1cccnc1. The Hall–Kier alpha value is -1.01. The van der Waals surface area contributed by atoms with Crippen LogP contribution in [0, 0.1) is 0 Å². The lowest BCUT2D eigenvalue weighted by Crippen LogP contribution is -2.41. The van der Waals surface area contributed by atoms with Crippen molar-refractivity contribution in [3.05, 3.63) is 30.1 Å². The van der Waals surface area contributed by atoms with Gasteiger partial charge in [-0.3, -0.25) is 9.82 Å². The largest absolute Gasteiger partial charge is 0.376 e. The lowest BCUT2D eigenvalue weighted by atomic mass is 10.0. The standard InChI is InChI=1S/C14H23N3O2/c1-16(2)13(12-5-3-8-15-11-12)7-9-17-14(18)6-4-10-19-17/h3,5,8,11,13-14,18H,4,6-7,9-10H2,1-2H3. The number of aromatic nitrogens is 1. The summed E-state index contributed by atoms with van der Waals surface area (Å²) in [4.78, 5) is 11.9. The van der Waals surface area contributed by atoms with E-state index in [1.165, 1.54) is 5.56 Å². The van der Waals surface area contributed by atoms with E-state index in [2.05, 4.69) is 30.0 Å². The number of nitrogens with zero attached hydrogens (tertiary/aromatic N) is 3. The summed E-state index contributed by atoms with van der Waals surface area (Å²) in [5.74, 6) is 0. The molecule has 1 aromatic rings. The van der Waals surface area contributed by atoms with Crippen LogP contribution in [0.4, 0.5) is 0 Å². The lowest BCUT2D eigenvalue weighted by Gasteiger charge is -2.33. The van der Waals surface area contributed by atoms with Crippen LogP contribution in [0.2, 0.25) is 0 Å². The molecule has 2 rings (SSSR count). The molecule has 19 heavy (non-hydrogen) atoms. The van der Waals surface area contributed by atoms with Crippen molar-refractivity contribution in [2.45, 2.75) is 31.5 Å². The summed E-state index contributed by atoms with van der Waals surface area (Å²) < 4.78 is 0. The highest BCUT2D eigenvalue weighted by atomic mass is 16.7. The molecular weight excluding hydrogens is 242 g/mol. The molecule has 2 unspecified atom stereocenters. The van der Waals surface area contributed by atoms with Gasteiger partial charge in [0, 0.05) is 25.0 Å². The van der Waals surface area contributed by atoms with Crippen LogP contribution in [-0.2, 0) is 4.84 Å². The topological polar surface area (TPSA) is 48.8 Å². The zero-order chi connectivity index (χ0) is 13.7. The van der Waals surface area contributed by atoms with E-state index in [-0.39, 0.29) is 6.04 Å². The fourth-order valence-corrected chi connectivity index (χ4v) is 2.44. The molecule has 0 bridgehead atoms. The highest BCUT2D eigenvalue weighted by Crippen LogP contribution is 2.23. The predicted molar refractivity (Wildman–Crippen MR) is 73.2 cm³/mol. The second-order valence-electron chi connectivity index (χ2n) is 5.15. The maximum Gasteiger partial charge on any atom is 0.130 e. The Balaban J connectivity index is 1.94. The fourth-order valence-electron chi connectivity index (χ4n) is 2.44. The van der Waals surface area contributed by atoms with Crippen LogP contribution in [0.5, 0.6) is 0 Å². The van der Waals surface area contributed by atoms with E-state index in [9.17, 15) is 5.11 Å². The molecular formula is C14H23N3O2. The number of hydrogen-bond donors (Lipinski definition) is 1. The van der Waals surface area contributed by atoms with Gasteiger partial charge in [0.25, 0.3) is 0 Å². The fraction of sp³-hybridized carbons (Fsp3) is 0.643. The van der Waals surface area contributed by atoms with Crippen LogP contribution in [0.3, 0.4) is 0 Å². The molecule has 1 N–H and O–H groups in total. The molecule has 106 valence electrons. The first-order valence-corrected chi connectivity index (χ1v) is 6.82. The van der Waals surface area contributed by atoms with Crippen LogP contribution in [0.15, 0.2) is 24.5 Å². The van der Waals surface area contributed by atoms with Crippen molar-refractivity contribution in [2.24, 2.45) is 0 Å². The smallest absolute Gasteiger partial charge is 0.130 e. The Bertz CT molecular complexity index is 372. The summed E-state index contributed by atoms with van der Waals surface area (Å²) in [6.07, 6.45) is 5.84. The summed E-state index contributed by atoms with van der Waals surface area (Å²) in [7, 11) is 4.12. The summed E-state index contributed by atoms with van der Waals surface area (Å²) in [6.45, 7) is 1.43. The van der Waals surface area contributed by atoms with Crippen LogP contribution in [-0.4, -0.2) is 53.5 Å². The molecule has 0 aliphatic carbocycles. The zero-order valence-corrected chi connectivity index (χ0v) is 11.7. The third-order valence-electron chi connectivity index (χ3n) is 3.51. The molecule has 1 aliphatic rings. The van der Waals surface area contributed by atoms with Gasteiger partial charge in [0.05, 0.1) is 6.61 Å². The third kappa shape index (κ3) is 3.98. The van der Waals surface area contributed by atoms with Gasteiger partial charge in [0.2, 0.25) is 0 Å². The van der Waals surface area contributed by atoms with Gasteiger partial charge in [0.1, 0.15) is 6.23 Å². The Labute approximate surface area is 114 Å². The number of pyridine rings is 1. The van der Waals surface area contributed by atoms with Gasteiger partial charge in [-0.1, -0.05) is 6.07 Å². The van der Waals surface area contributed by atoms with E-state index in [1.807, 2.05) is 12.3 Å².